The van der Waals surface area contributed by atoms with Gasteiger partial charge in [0, 0.05) is 44.8 Å². The highest BCUT2D eigenvalue weighted by molar-refractivity contribution is 7.89. The van der Waals surface area contributed by atoms with Crippen molar-refractivity contribution in [1.82, 2.24) is 9.21 Å². The van der Waals surface area contributed by atoms with Crippen molar-refractivity contribution in [2.24, 2.45) is 0 Å². The number of amides is 1. The molecule has 0 radical (unpaired) electrons. The van der Waals surface area contributed by atoms with E-state index in [1.165, 1.54) is 4.31 Å². The maximum absolute atomic E-state index is 13.0. The van der Waals surface area contributed by atoms with E-state index in [2.05, 4.69) is 4.90 Å². The molecule has 1 aromatic rings. The summed E-state index contributed by atoms with van der Waals surface area (Å²) in [6.07, 6.45) is 1.82. The Hall–Kier alpha value is -2.10. The number of allylic oxidation sites excluding steroid dienone is 1. The Kier molecular flexibility index (Phi) is 6.81. The standard InChI is InChI=1S/C20H29N3O5S/c1-4-16(2)20(24)22-9-7-21(8-10-22)18-15-17(5-6-19(18)27-3)29(25,26)23-11-13-28-14-12-23/h4-6,15H,7-14H2,1-3H3. The molecule has 2 aliphatic rings. The lowest BCUT2D eigenvalue weighted by Gasteiger charge is -2.37. The van der Waals surface area contributed by atoms with Crippen LogP contribution < -0.4 is 9.64 Å². The normalized spacial score (nSPS) is 19.3. The molecule has 2 saturated heterocycles. The number of nitrogens with zero attached hydrogens (tertiary/aromatic N) is 3. The molecule has 1 amide bonds. The van der Waals surface area contributed by atoms with Crippen LogP contribution in [0.3, 0.4) is 0 Å². The van der Waals surface area contributed by atoms with Crippen LogP contribution in [0, 0.1) is 0 Å². The summed E-state index contributed by atoms with van der Waals surface area (Å²) in [6.45, 7) is 7.57. The number of sulfonamides is 1. The van der Waals surface area contributed by atoms with E-state index in [1.807, 2.05) is 24.8 Å². The molecular formula is C20H29N3O5S. The van der Waals surface area contributed by atoms with E-state index >= 15 is 0 Å². The number of ether oxygens (including phenoxy) is 2. The van der Waals surface area contributed by atoms with Gasteiger partial charge in [-0.3, -0.25) is 4.79 Å². The molecule has 29 heavy (non-hydrogen) atoms. The van der Waals surface area contributed by atoms with Gasteiger partial charge in [-0.15, -0.1) is 0 Å². The van der Waals surface area contributed by atoms with Crippen LogP contribution in [0.5, 0.6) is 5.75 Å². The zero-order chi connectivity index (χ0) is 21.0. The molecule has 2 aliphatic heterocycles. The average molecular weight is 424 g/mol. The smallest absolute Gasteiger partial charge is 0.249 e. The first-order valence-corrected chi connectivity index (χ1v) is 11.3. The Morgan fingerprint density at radius 3 is 2.34 bits per heavy atom. The summed E-state index contributed by atoms with van der Waals surface area (Å²) in [6, 6.07) is 4.96. The number of anilines is 1. The average Bonchev–Trinajstić information content (AvgIpc) is 2.78. The molecular weight excluding hydrogens is 394 g/mol. The van der Waals surface area contributed by atoms with Crippen LogP contribution in [0.15, 0.2) is 34.7 Å². The van der Waals surface area contributed by atoms with E-state index in [-0.39, 0.29) is 10.8 Å². The molecule has 8 nitrogen and oxygen atoms in total. The number of hydrogen-bond donors (Lipinski definition) is 0. The molecule has 0 spiro atoms. The number of carbonyl (C=O) groups excluding carboxylic acids is 1. The van der Waals surface area contributed by atoms with Crippen LogP contribution in [0.25, 0.3) is 0 Å². The maximum atomic E-state index is 13.0. The van der Waals surface area contributed by atoms with Gasteiger partial charge in [-0.05, 0) is 32.0 Å². The maximum Gasteiger partial charge on any atom is 0.249 e. The summed E-state index contributed by atoms with van der Waals surface area (Å²) in [4.78, 5) is 16.5. The zero-order valence-corrected chi connectivity index (χ0v) is 18.1. The minimum atomic E-state index is -3.59. The van der Waals surface area contributed by atoms with E-state index in [9.17, 15) is 13.2 Å². The van der Waals surface area contributed by atoms with E-state index in [1.54, 1.807) is 25.3 Å². The van der Waals surface area contributed by atoms with E-state index in [0.717, 1.165) is 11.3 Å². The van der Waals surface area contributed by atoms with Gasteiger partial charge in [0.1, 0.15) is 5.75 Å². The van der Waals surface area contributed by atoms with Crippen molar-refractivity contribution in [3.63, 3.8) is 0 Å². The zero-order valence-electron chi connectivity index (χ0n) is 17.3. The first-order valence-electron chi connectivity index (χ1n) is 9.81. The lowest BCUT2D eigenvalue weighted by atomic mass is 10.2. The van der Waals surface area contributed by atoms with Gasteiger partial charge in [0.15, 0.2) is 0 Å². The fraction of sp³-hybridized carbons (Fsp3) is 0.550. The second-order valence-electron chi connectivity index (χ2n) is 7.10. The first-order chi connectivity index (χ1) is 13.9. The molecule has 2 heterocycles. The lowest BCUT2D eigenvalue weighted by molar-refractivity contribution is -0.127. The summed E-state index contributed by atoms with van der Waals surface area (Å²) in [5.41, 5.74) is 1.46. The van der Waals surface area contributed by atoms with E-state index < -0.39 is 10.0 Å². The fourth-order valence-electron chi connectivity index (χ4n) is 3.54. The van der Waals surface area contributed by atoms with Gasteiger partial charge in [0.25, 0.3) is 0 Å². The third kappa shape index (κ3) is 4.57. The summed E-state index contributed by atoms with van der Waals surface area (Å²) in [5.74, 6) is 0.665. The molecule has 0 bridgehead atoms. The minimum Gasteiger partial charge on any atom is -0.495 e. The number of methoxy groups -OCH3 is 1. The van der Waals surface area contributed by atoms with Crippen LogP contribution in [0.1, 0.15) is 13.8 Å². The molecule has 160 valence electrons. The van der Waals surface area contributed by atoms with E-state index in [0.29, 0.717) is 58.2 Å². The van der Waals surface area contributed by atoms with E-state index in [4.69, 9.17) is 9.47 Å². The number of morpholine rings is 1. The molecule has 3 rings (SSSR count). The predicted molar refractivity (Wildman–Crippen MR) is 111 cm³/mol. The van der Waals surface area contributed by atoms with Crippen molar-refractivity contribution in [1.29, 1.82) is 0 Å². The second-order valence-corrected chi connectivity index (χ2v) is 9.04. The van der Waals surface area contributed by atoms with Gasteiger partial charge in [-0.2, -0.15) is 4.31 Å². The highest BCUT2D eigenvalue weighted by Gasteiger charge is 2.29. The van der Waals surface area contributed by atoms with Crippen molar-refractivity contribution in [2.75, 3.05) is 64.5 Å². The van der Waals surface area contributed by atoms with Gasteiger partial charge in [0.2, 0.25) is 15.9 Å². The van der Waals surface area contributed by atoms with Gasteiger partial charge in [-0.1, -0.05) is 6.08 Å². The Labute approximate surface area is 172 Å². The van der Waals surface area contributed by atoms with Crippen molar-refractivity contribution < 1.29 is 22.7 Å². The molecule has 9 heteroatoms. The van der Waals surface area contributed by atoms with Crippen molar-refractivity contribution in [3.8, 4) is 5.75 Å². The van der Waals surface area contributed by atoms with Crippen LogP contribution in [-0.2, 0) is 19.6 Å². The summed E-state index contributed by atoms with van der Waals surface area (Å²) >= 11 is 0. The van der Waals surface area contributed by atoms with Crippen molar-refractivity contribution >= 4 is 21.6 Å². The number of hydrogen-bond acceptors (Lipinski definition) is 6. The molecule has 0 unspecified atom stereocenters. The molecule has 0 saturated carbocycles. The Balaban J connectivity index is 1.81. The van der Waals surface area contributed by atoms with Crippen LogP contribution in [0.2, 0.25) is 0 Å². The summed E-state index contributed by atoms with van der Waals surface area (Å²) in [7, 11) is -2.01. The topological polar surface area (TPSA) is 79.4 Å². The third-order valence-electron chi connectivity index (χ3n) is 5.44. The van der Waals surface area contributed by atoms with Gasteiger partial charge in [0.05, 0.1) is 30.9 Å². The highest BCUT2D eigenvalue weighted by atomic mass is 32.2. The van der Waals surface area contributed by atoms with Crippen molar-refractivity contribution in [3.05, 3.63) is 29.8 Å². The lowest BCUT2D eigenvalue weighted by Crippen LogP contribution is -2.49. The number of carbonyl (C=O) groups is 1. The quantitative estimate of drug-likeness (QED) is 0.665. The fourth-order valence-corrected chi connectivity index (χ4v) is 4.97. The molecule has 0 aromatic heterocycles. The number of benzene rings is 1. The molecule has 0 aliphatic carbocycles. The van der Waals surface area contributed by atoms with Gasteiger partial charge >= 0.3 is 0 Å². The third-order valence-corrected chi connectivity index (χ3v) is 7.33. The predicted octanol–water partition coefficient (Wildman–Crippen LogP) is 1.33. The molecule has 2 fully saturated rings. The summed E-state index contributed by atoms with van der Waals surface area (Å²) < 4.78 is 38.3. The minimum absolute atomic E-state index is 0.0442. The first kappa shape index (κ1) is 21.6. The highest BCUT2D eigenvalue weighted by Crippen LogP contribution is 2.33. The SMILES string of the molecule is CC=C(C)C(=O)N1CCN(c2cc(S(=O)(=O)N3CCOCC3)ccc2OC)CC1. The Bertz CT molecular complexity index is 870. The second kappa shape index (κ2) is 9.15. The molecule has 0 atom stereocenters. The Morgan fingerprint density at radius 1 is 1.10 bits per heavy atom. The summed E-state index contributed by atoms with van der Waals surface area (Å²) in [5, 5.41) is 0. The Morgan fingerprint density at radius 2 is 1.76 bits per heavy atom. The molecule has 1 aromatic carbocycles. The van der Waals surface area contributed by atoms with Crippen molar-refractivity contribution in [2.45, 2.75) is 18.7 Å². The van der Waals surface area contributed by atoms with Gasteiger partial charge < -0.3 is 19.3 Å². The van der Waals surface area contributed by atoms with Gasteiger partial charge in [-0.25, -0.2) is 8.42 Å². The number of rotatable bonds is 5. The monoisotopic (exact) mass is 423 g/mol. The van der Waals surface area contributed by atoms with Crippen LogP contribution >= 0.6 is 0 Å². The van der Waals surface area contributed by atoms with Crippen LogP contribution in [0.4, 0.5) is 5.69 Å². The largest absolute Gasteiger partial charge is 0.495 e. The van der Waals surface area contributed by atoms with Crippen LogP contribution in [-0.4, -0.2) is 83.1 Å². The molecule has 0 N–H and O–H groups in total. The number of piperazine rings is 1.